The molecular formula is C20H30Zr. The molecule has 21 heavy (non-hydrogen) atoms. The largest absolute Gasteiger partial charge is 2.00 e. The molecule has 1 heteroatoms. The van der Waals surface area contributed by atoms with Gasteiger partial charge in [0.25, 0.3) is 0 Å². The predicted molar refractivity (Wildman–Crippen MR) is 89.3 cm³/mol. The predicted octanol–water partition coefficient (Wildman–Crippen LogP) is 6.51. The van der Waals surface area contributed by atoms with Crippen molar-refractivity contribution in [2.24, 2.45) is 0 Å². The Labute approximate surface area is 151 Å². The third-order valence-corrected chi connectivity index (χ3v) is 3.72. The molecule has 0 aliphatic heterocycles. The van der Waals surface area contributed by atoms with Gasteiger partial charge in [-0.2, -0.15) is 11.1 Å². The molecule has 0 unspecified atom stereocenters. The van der Waals surface area contributed by atoms with Crippen LogP contribution < -0.4 is 0 Å². The van der Waals surface area contributed by atoms with Crippen LogP contribution in [0.5, 0.6) is 0 Å². The van der Waals surface area contributed by atoms with E-state index in [1.165, 1.54) is 60.8 Å². The Morgan fingerprint density at radius 3 is 1.43 bits per heavy atom. The first-order valence-electron chi connectivity index (χ1n) is 8.22. The van der Waals surface area contributed by atoms with Crippen molar-refractivity contribution in [3.63, 3.8) is 0 Å². The third kappa shape index (κ3) is 9.46. The molecule has 2 rings (SSSR count). The van der Waals surface area contributed by atoms with Crippen molar-refractivity contribution in [2.75, 3.05) is 0 Å². The molecule has 0 radical (unpaired) electrons. The van der Waals surface area contributed by atoms with E-state index in [9.17, 15) is 0 Å². The van der Waals surface area contributed by atoms with Gasteiger partial charge in [0.1, 0.15) is 0 Å². The molecule has 114 valence electrons. The van der Waals surface area contributed by atoms with Gasteiger partial charge in [-0.3, -0.25) is 0 Å². The van der Waals surface area contributed by atoms with Crippen molar-refractivity contribution in [3.05, 3.63) is 46.6 Å². The van der Waals surface area contributed by atoms with Gasteiger partial charge in [-0.05, 0) is 0 Å². The molecule has 0 amide bonds. The molecule has 2 aliphatic rings. The minimum Gasteiger partial charge on any atom is -0.250 e. The second-order valence-corrected chi connectivity index (χ2v) is 5.85. The van der Waals surface area contributed by atoms with Gasteiger partial charge < -0.3 is 0 Å². The van der Waals surface area contributed by atoms with Crippen LogP contribution in [0, 0.1) is 12.2 Å². The molecule has 0 bridgehead atoms. The molecule has 0 saturated carbocycles. The van der Waals surface area contributed by atoms with Crippen LogP contribution in [-0.2, 0) is 26.2 Å². The van der Waals surface area contributed by atoms with Gasteiger partial charge in [-0.15, -0.1) is 0 Å². The van der Waals surface area contributed by atoms with Gasteiger partial charge in [0.15, 0.2) is 0 Å². The number of allylic oxidation sites excluding steroid dienone is 8. The van der Waals surface area contributed by atoms with Crippen LogP contribution >= 0.6 is 0 Å². The van der Waals surface area contributed by atoms with Crippen LogP contribution in [-0.4, -0.2) is 0 Å². The molecule has 0 N–H and O–H groups in total. The number of hydrogen-bond acceptors (Lipinski definition) is 0. The quantitative estimate of drug-likeness (QED) is 0.473. The van der Waals surface area contributed by atoms with E-state index in [4.69, 9.17) is 0 Å². The molecule has 0 aromatic heterocycles. The average Bonchev–Trinajstić information content (AvgIpc) is 3.03. The summed E-state index contributed by atoms with van der Waals surface area (Å²) < 4.78 is 0. The maximum atomic E-state index is 3.37. The molecular weight excluding hydrogens is 331 g/mol. The Kier molecular flexibility index (Phi) is 12.3. The van der Waals surface area contributed by atoms with Crippen molar-refractivity contribution in [2.45, 2.75) is 79.1 Å². The molecule has 0 aromatic rings. The van der Waals surface area contributed by atoms with E-state index >= 15 is 0 Å². The van der Waals surface area contributed by atoms with Crippen molar-refractivity contribution in [1.29, 1.82) is 0 Å². The van der Waals surface area contributed by atoms with E-state index in [1.54, 1.807) is 0 Å². The maximum absolute atomic E-state index is 3.37. The molecule has 0 spiro atoms. The van der Waals surface area contributed by atoms with Crippen LogP contribution in [0.2, 0.25) is 0 Å². The Morgan fingerprint density at radius 1 is 0.810 bits per heavy atom. The first-order valence-corrected chi connectivity index (χ1v) is 8.22. The Hall–Kier alpha value is -0.157. The minimum absolute atomic E-state index is 0. The zero-order valence-electron chi connectivity index (χ0n) is 14.3. The average molecular weight is 362 g/mol. The summed E-state index contributed by atoms with van der Waals surface area (Å²) in [6.45, 7) is 8.71. The second-order valence-electron chi connectivity index (χ2n) is 5.85. The van der Waals surface area contributed by atoms with Crippen LogP contribution in [0.3, 0.4) is 0 Å². The van der Waals surface area contributed by atoms with Crippen LogP contribution in [0.1, 0.15) is 79.1 Å². The van der Waals surface area contributed by atoms with Crippen molar-refractivity contribution in [1.82, 2.24) is 0 Å². The molecule has 2 aliphatic carbocycles. The van der Waals surface area contributed by atoms with E-state index in [0.29, 0.717) is 0 Å². The summed E-state index contributed by atoms with van der Waals surface area (Å²) in [5, 5.41) is 0. The first-order chi connectivity index (χ1) is 9.65. The van der Waals surface area contributed by atoms with Gasteiger partial charge in [-0.25, -0.2) is 35.5 Å². The topological polar surface area (TPSA) is 0 Å². The second kappa shape index (κ2) is 12.4. The van der Waals surface area contributed by atoms with Crippen LogP contribution in [0.4, 0.5) is 0 Å². The monoisotopic (exact) mass is 360 g/mol. The fourth-order valence-electron chi connectivity index (χ4n) is 2.42. The fourth-order valence-corrected chi connectivity index (χ4v) is 2.42. The number of rotatable bonds is 6. The molecule has 0 heterocycles. The van der Waals surface area contributed by atoms with Gasteiger partial charge >= 0.3 is 26.2 Å². The summed E-state index contributed by atoms with van der Waals surface area (Å²) in [6, 6.07) is 0. The Bertz CT molecular complexity index is 368. The molecule has 0 atom stereocenters. The van der Waals surface area contributed by atoms with Crippen molar-refractivity contribution < 1.29 is 26.2 Å². The standard InChI is InChI=1S/2C10H15.Zr/c2*1-3-4-5-10-7-6-9(2)8-10;/h2*6H,3-5,7H2,1-2H3;/q2*-1;+2. The van der Waals surface area contributed by atoms with E-state index in [1.807, 2.05) is 0 Å². The fraction of sp³-hybridized carbons (Fsp3) is 0.600. The van der Waals surface area contributed by atoms with E-state index in [0.717, 1.165) is 12.8 Å². The number of hydrogen-bond donors (Lipinski definition) is 0. The third-order valence-electron chi connectivity index (χ3n) is 3.72. The molecule has 0 saturated heterocycles. The van der Waals surface area contributed by atoms with E-state index < -0.39 is 0 Å². The molecule has 0 nitrogen and oxygen atoms in total. The Balaban J connectivity index is 0.000000364. The van der Waals surface area contributed by atoms with Crippen LogP contribution in [0.15, 0.2) is 34.4 Å². The summed E-state index contributed by atoms with van der Waals surface area (Å²) in [4.78, 5) is 0. The summed E-state index contributed by atoms with van der Waals surface area (Å²) in [5.41, 5.74) is 5.65. The summed E-state index contributed by atoms with van der Waals surface area (Å²) in [7, 11) is 0. The van der Waals surface area contributed by atoms with Crippen LogP contribution in [0.25, 0.3) is 0 Å². The van der Waals surface area contributed by atoms with Crippen molar-refractivity contribution >= 4 is 0 Å². The minimum atomic E-state index is 0. The van der Waals surface area contributed by atoms with E-state index in [2.05, 4.69) is 52.0 Å². The normalized spacial score (nSPS) is 16.2. The van der Waals surface area contributed by atoms with Gasteiger partial charge in [0.2, 0.25) is 0 Å². The summed E-state index contributed by atoms with van der Waals surface area (Å²) >= 11 is 0. The maximum Gasteiger partial charge on any atom is 2.00 e. The van der Waals surface area contributed by atoms with Gasteiger partial charge in [0, 0.05) is 0 Å². The van der Waals surface area contributed by atoms with E-state index in [-0.39, 0.29) is 26.2 Å². The SMILES string of the molecule is CCCCC1=[C-]C(C)=CC1.CCCCC1=[C-]C(C)=CC1.[Zr+2]. The molecule has 0 fully saturated rings. The van der Waals surface area contributed by atoms with Gasteiger partial charge in [0.05, 0.1) is 0 Å². The van der Waals surface area contributed by atoms with Crippen molar-refractivity contribution in [3.8, 4) is 0 Å². The Morgan fingerprint density at radius 2 is 1.19 bits per heavy atom. The summed E-state index contributed by atoms with van der Waals surface area (Å²) in [5.74, 6) is 0. The summed E-state index contributed by atoms with van der Waals surface area (Å²) in [6.07, 6.45) is 21.3. The number of unbranched alkanes of at least 4 members (excludes halogenated alkanes) is 2. The smallest absolute Gasteiger partial charge is 0.250 e. The zero-order valence-corrected chi connectivity index (χ0v) is 16.8. The van der Waals surface area contributed by atoms with Gasteiger partial charge in [-0.1, -0.05) is 79.1 Å². The first kappa shape index (κ1) is 20.8. The zero-order chi connectivity index (χ0) is 14.8. The molecule has 0 aromatic carbocycles.